The molecule has 2 amide bonds. The highest BCUT2D eigenvalue weighted by Gasteiger charge is 2.33. The van der Waals surface area contributed by atoms with Crippen LogP contribution >= 0.6 is 34.8 Å². The molecular formula is C27H28Cl3N3O4S. The number of hydrogen-bond donors (Lipinski definition) is 1. The normalized spacial score (nSPS) is 12.2. The van der Waals surface area contributed by atoms with Crippen LogP contribution in [0.4, 0.5) is 5.69 Å². The van der Waals surface area contributed by atoms with Crippen molar-refractivity contribution in [3.8, 4) is 0 Å². The van der Waals surface area contributed by atoms with Gasteiger partial charge in [0.25, 0.3) is 10.0 Å². The van der Waals surface area contributed by atoms with Gasteiger partial charge in [0.1, 0.15) is 12.6 Å². The molecule has 0 saturated carbocycles. The second-order valence-electron chi connectivity index (χ2n) is 8.90. The van der Waals surface area contributed by atoms with Gasteiger partial charge in [-0.1, -0.05) is 59.1 Å². The molecule has 0 fully saturated rings. The van der Waals surface area contributed by atoms with Gasteiger partial charge >= 0.3 is 0 Å². The number of nitrogens with zero attached hydrogens (tertiary/aromatic N) is 2. The van der Waals surface area contributed by atoms with Crippen LogP contribution in [0.1, 0.15) is 26.3 Å². The molecule has 0 aliphatic carbocycles. The predicted octanol–water partition coefficient (Wildman–Crippen LogP) is 5.78. The van der Waals surface area contributed by atoms with Crippen molar-refractivity contribution in [2.75, 3.05) is 10.8 Å². The highest BCUT2D eigenvalue weighted by molar-refractivity contribution is 7.92. The first-order valence-corrected chi connectivity index (χ1v) is 14.3. The average molecular weight is 597 g/mol. The standard InChI is InChI=1S/C27H28Cl3N3O4S/c1-18(2)31-27(35)19(3)32(16-20-7-4-5-10-25(20)30)26(34)17-33(23-9-6-8-22(29)15-23)38(36,37)24-13-11-21(28)12-14-24/h4-15,18-19H,16-17H2,1-3H3,(H,31,35)/t19-/m1/s1. The van der Waals surface area contributed by atoms with Crippen molar-refractivity contribution in [2.45, 2.75) is 44.3 Å². The minimum absolute atomic E-state index is 0.00440. The van der Waals surface area contributed by atoms with Gasteiger partial charge in [-0.25, -0.2) is 8.42 Å². The summed E-state index contributed by atoms with van der Waals surface area (Å²) in [6, 6.07) is 17.7. The third-order valence-corrected chi connectivity index (χ3v) is 8.32. The molecular weight excluding hydrogens is 569 g/mol. The van der Waals surface area contributed by atoms with Crippen LogP contribution in [0, 0.1) is 0 Å². The largest absolute Gasteiger partial charge is 0.352 e. The van der Waals surface area contributed by atoms with Gasteiger partial charge in [-0.3, -0.25) is 13.9 Å². The van der Waals surface area contributed by atoms with E-state index < -0.39 is 28.5 Å². The Morgan fingerprint density at radius 3 is 2.13 bits per heavy atom. The maximum absolute atomic E-state index is 13.8. The van der Waals surface area contributed by atoms with Crippen molar-refractivity contribution in [3.05, 3.63) is 93.4 Å². The molecule has 0 radical (unpaired) electrons. The van der Waals surface area contributed by atoms with Crippen molar-refractivity contribution < 1.29 is 18.0 Å². The number of amides is 2. The SMILES string of the molecule is CC(C)NC(=O)[C@@H](C)N(Cc1ccccc1Cl)C(=O)CN(c1cccc(Cl)c1)S(=O)(=O)c1ccc(Cl)cc1. The summed E-state index contributed by atoms with van der Waals surface area (Å²) < 4.78 is 28.5. The number of benzene rings is 3. The maximum Gasteiger partial charge on any atom is 0.264 e. The third-order valence-electron chi connectivity index (χ3n) is 5.67. The molecule has 1 N–H and O–H groups in total. The van der Waals surface area contributed by atoms with Gasteiger partial charge in [0.2, 0.25) is 11.8 Å². The van der Waals surface area contributed by atoms with Crippen molar-refractivity contribution in [1.29, 1.82) is 0 Å². The lowest BCUT2D eigenvalue weighted by Crippen LogP contribution is -2.52. The van der Waals surface area contributed by atoms with E-state index in [1.54, 1.807) is 49.4 Å². The number of hydrogen-bond acceptors (Lipinski definition) is 4. The molecule has 3 aromatic carbocycles. The lowest BCUT2D eigenvalue weighted by atomic mass is 10.1. The zero-order chi connectivity index (χ0) is 28.0. The molecule has 0 saturated heterocycles. The van der Waals surface area contributed by atoms with Gasteiger partial charge < -0.3 is 10.2 Å². The van der Waals surface area contributed by atoms with Crippen LogP contribution in [0.3, 0.4) is 0 Å². The smallest absolute Gasteiger partial charge is 0.264 e. The Hall–Kier alpha value is -2.78. The minimum atomic E-state index is -4.22. The Morgan fingerprint density at radius 2 is 1.53 bits per heavy atom. The number of nitrogens with one attached hydrogen (secondary N) is 1. The molecule has 0 unspecified atom stereocenters. The average Bonchev–Trinajstić information content (AvgIpc) is 2.86. The van der Waals surface area contributed by atoms with E-state index in [4.69, 9.17) is 34.8 Å². The number of sulfonamides is 1. The highest BCUT2D eigenvalue weighted by atomic mass is 35.5. The first kappa shape index (κ1) is 29.8. The van der Waals surface area contributed by atoms with Gasteiger partial charge in [-0.2, -0.15) is 0 Å². The summed E-state index contributed by atoms with van der Waals surface area (Å²) in [5, 5.41) is 3.88. The van der Waals surface area contributed by atoms with Gasteiger partial charge in [0.05, 0.1) is 10.6 Å². The fourth-order valence-corrected chi connectivity index (χ4v) is 5.60. The topological polar surface area (TPSA) is 86.8 Å². The lowest BCUT2D eigenvalue weighted by molar-refractivity contribution is -0.139. The summed E-state index contributed by atoms with van der Waals surface area (Å²) in [4.78, 5) is 28.0. The Balaban J connectivity index is 2.04. The minimum Gasteiger partial charge on any atom is -0.352 e. The first-order valence-electron chi connectivity index (χ1n) is 11.8. The fraction of sp³-hybridized carbons (Fsp3) is 0.259. The number of carbonyl (C=O) groups is 2. The van der Waals surface area contributed by atoms with E-state index in [2.05, 4.69) is 5.32 Å². The van der Waals surface area contributed by atoms with Gasteiger partial charge in [0, 0.05) is 27.7 Å². The maximum atomic E-state index is 13.8. The van der Waals surface area contributed by atoms with E-state index in [1.165, 1.54) is 35.2 Å². The van der Waals surface area contributed by atoms with E-state index in [9.17, 15) is 18.0 Å². The molecule has 3 rings (SSSR count). The Kier molecular flexibility index (Phi) is 10.1. The number of carbonyl (C=O) groups excluding carboxylic acids is 2. The van der Waals surface area contributed by atoms with E-state index in [0.717, 1.165) is 4.31 Å². The highest BCUT2D eigenvalue weighted by Crippen LogP contribution is 2.28. The van der Waals surface area contributed by atoms with Crippen molar-refractivity contribution in [2.24, 2.45) is 0 Å². The quantitative estimate of drug-likeness (QED) is 0.321. The van der Waals surface area contributed by atoms with Crippen LogP contribution in [-0.4, -0.2) is 43.8 Å². The Morgan fingerprint density at radius 1 is 0.868 bits per heavy atom. The molecule has 3 aromatic rings. The number of halogens is 3. The first-order chi connectivity index (χ1) is 17.9. The third kappa shape index (κ3) is 7.41. The molecule has 0 aliphatic heterocycles. The van der Waals surface area contributed by atoms with Crippen molar-refractivity contribution in [3.63, 3.8) is 0 Å². The second kappa shape index (κ2) is 12.8. The van der Waals surface area contributed by atoms with Crippen LogP contribution < -0.4 is 9.62 Å². The molecule has 38 heavy (non-hydrogen) atoms. The molecule has 7 nitrogen and oxygen atoms in total. The van der Waals surface area contributed by atoms with Crippen LogP contribution in [0.2, 0.25) is 15.1 Å². The number of rotatable bonds is 10. The van der Waals surface area contributed by atoms with E-state index in [0.29, 0.717) is 20.6 Å². The molecule has 1 atom stereocenters. The van der Waals surface area contributed by atoms with Crippen molar-refractivity contribution >= 4 is 62.3 Å². The molecule has 202 valence electrons. The molecule has 11 heteroatoms. The van der Waals surface area contributed by atoms with E-state index in [-0.39, 0.29) is 29.1 Å². The van der Waals surface area contributed by atoms with Crippen LogP contribution in [0.5, 0.6) is 0 Å². The van der Waals surface area contributed by atoms with Crippen LogP contribution in [0.15, 0.2) is 77.7 Å². The van der Waals surface area contributed by atoms with Crippen LogP contribution in [-0.2, 0) is 26.2 Å². The predicted molar refractivity (Wildman–Crippen MR) is 152 cm³/mol. The van der Waals surface area contributed by atoms with Crippen LogP contribution in [0.25, 0.3) is 0 Å². The van der Waals surface area contributed by atoms with Gasteiger partial charge in [-0.15, -0.1) is 0 Å². The Bertz CT molecular complexity index is 1400. The van der Waals surface area contributed by atoms with Gasteiger partial charge in [-0.05, 0) is 74.9 Å². The molecule has 0 heterocycles. The van der Waals surface area contributed by atoms with Crippen molar-refractivity contribution in [1.82, 2.24) is 10.2 Å². The van der Waals surface area contributed by atoms with Gasteiger partial charge in [0.15, 0.2) is 0 Å². The summed E-state index contributed by atoms with van der Waals surface area (Å²) >= 11 is 18.5. The Labute approximate surface area is 238 Å². The summed E-state index contributed by atoms with van der Waals surface area (Å²) in [5.74, 6) is -0.982. The summed E-state index contributed by atoms with van der Waals surface area (Å²) in [6.07, 6.45) is 0. The zero-order valence-corrected chi connectivity index (χ0v) is 24.2. The van der Waals surface area contributed by atoms with E-state index in [1.807, 2.05) is 13.8 Å². The summed E-state index contributed by atoms with van der Waals surface area (Å²) in [7, 11) is -4.22. The monoisotopic (exact) mass is 595 g/mol. The second-order valence-corrected chi connectivity index (χ2v) is 12.0. The summed E-state index contributed by atoms with van der Waals surface area (Å²) in [6.45, 7) is 4.61. The fourth-order valence-electron chi connectivity index (χ4n) is 3.69. The summed E-state index contributed by atoms with van der Waals surface area (Å²) in [5.41, 5.74) is 0.805. The number of anilines is 1. The molecule has 0 bridgehead atoms. The lowest BCUT2D eigenvalue weighted by Gasteiger charge is -2.32. The molecule has 0 aromatic heterocycles. The molecule has 0 spiro atoms. The zero-order valence-electron chi connectivity index (χ0n) is 21.1. The van der Waals surface area contributed by atoms with E-state index >= 15 is 0 Å². The molecule has 0 aliphatic rings.